The Morgan fingerprint density at radius 3 is 2.33 bits per heavy atom. The van der Waals surface area contributed by atoms with Gasteiger partial charge in [-0.3, -0.25) is 9.69 Å². The van der Waals surface area contributed by atoms with Crippen LogP contribution in [-0.2, 0) is 4.79 Å². The van der Waals surface area contributed by atoms with E-state index < -0.39 is 0 Å². The zero-order valence-corrected chi connectivity index (χ0v) is 12.6. The Balaban J connectivity index is 1.98. The topological polar surface area (TPSA) is 58.1 Å². The van der Waals surface area contributed by atoms with E-state index in [2.05, 4.69) is 29.1 Å². The number of nitrogens with one attached hydrogen (secondary N) is 1. The Labute approximate surface area is 125 Å². The van der Waals surface area contributed by atoms with Crippen molar-refractivity contribution < 1.29 is 4.79 Å². The summed E-state index contributed by atoms with van der Waals surface area (Å²) >= 11 is 0. The predicted molar refractivity (Wildman–Crippen MR) is 83.9 cm³/mol. The molecule has 1 N–H and O–H groups in total. The van der Waals surface area contributed by atoms with Gasteiger partial charge in [0, 0.05) is 29.7 Å². The summed E-state index contributed by atoms with van der Waals surface area (Å²) in [5, 5.41) is 2.89. The lowest BCUT2D eigenvalue weighted by atomic mass is 10.1. The molecule has 21 heavy (non-hydrogen) atoms. The maximum Gasteiger partial charge on any atom is 0.238 e. The van der Waals surface area contributed by atoms with E-state index in [0.717, 1.165) is 16.8 Å². The molecule has 0 aliphatic carbocycles. The molecule has 2 rings (SSSR count). The van der Waals surface area contributed by atoms with Gasteiger partial charge < -0.3 is 5.32 Å². The zero-order valence-electron chi connectivity index (χ0n) is 12.6. The van der Waals surface area contributed by atoms with Gasteiger partial charge in [0.05, 0.1) is 6.54 Å². The number of hydrogen-bond acceptors (Lipinski definition) is 4. The van der Waals surface area contributed by atoms with Crippen molar-refractivity contribution in [1.82, 2.24) is 14.9 Å². The number of nitrogens with zero attached hydrogens (tertiary/aromatic N) is 3. The van der Waals surface area contributed by atoms with Crippen LogP contribution in [0.15, 0.2) is 43.0 Å². The first-order valence-corrected chi connectivity index (χ1v) is 6.92. The average Bonchev–Trinajstić information content (AvgIpc) is 2.48. The van der Waals surface area contributed by atoms with Crippen LogP contribution in [-0.4, -0.2) is 40.4 Å². The van der Waals surface area contributed by atoms with Crippen molar-refractivity contribution in [3.8, 4) is 11.1 Å². The van der Waals surface area contributed by atoms with Gasteiger partial charge in [0.1, 0.15) is 6.33 Å². The van der Waals surface area contributed by atoms with Crippen LogP contribution in [0.3, 0.4) is 0 Å². The number of hydrogen-bond donors (Lipinski definition) is 1. The molecule has 1 heterocycles. The van der Waals surface area contributed by atoms with Gasteiger partial charge in [-0.25, -0.2) is 9.97 Å². The molecule has 0 saturated heterocycles. The Hall–Kier alpha value is -2.27. The van der Waals surface area contributed by atoms with Gasteiger partial charge >= 0.3 is 0 Å². The molecule has 5 heteroatoms. The molecule has 0 spiro atoms. The fourth-order valence-electron chi connectivity index (χ4n) is 1.80. The summed E-state index contributed by atoms with van der Waals surface area (Å²) in [4.78, 5) is 21.9. The van der Waals surface area contributed by atoms with Crippen LogP contribution in [0.2, 0.25) is 0 Å². The van der Waals surface area contributed by atoms with Gasteiger partial charge in [-0.05, 0) is 38.6 Å². The van der Waals surface area contributed by atoms with Crippen molar-refractivity contribution in [3.63, 3.8) is 0 Å². The summed E-state index contributed by atoms with van der Waals surface area (Å²) in [5.41, 5.74) is 2.76. The standard InChI is InChI=1S/C16H20N4O/c1-12(2)20(3)10-16(21)19-15-6-4-13(5-7-15)14-8-17-11-18-9-14/h4-9,11-12H,10H2,1-3H3,(H,19,21). The molecule has 0 radical (unpaired) electrons. The number of amides is 1. The number of likely N-dealkylation sites (N-methyl/N-ethyl adjacent to an activating group) is 1. The number of aromatic nitrogens is 2. The monoisotopic (exact) mass is 284 g/mol. The van der Waals surface area contributed by atoms with Gasteiger partial charge in [-0.15, -0.1) is 0 Å². The summed E-state index contributed by atoms with van der Waals surface area (Å²) in [6.07, 6.45) is 5.03. The Kier molecular flexibility index (Phi) is 5.00. The van der Waals surface area contributed by atoms with Gasteiger partial charge in [-0.2, -0.15) is 0 Å². The normalized spacial score (nSPS) is 10.9. The van der Waals surface area contributed by atoms with Crippen LogP contribution in [0.5, 0.6) is 0 Å². The molecular formula is C16H20N4O. The molecule has 1 aromatic heterocycles. The van der Waals surface area contributed by atoms with Crippen molar-refractivity contribution in [2.24, 2.45) is 0 Å². The summed E-state index contributed by atoms with van der Waals surface area (Å²) in [7, 11) is 1.93. The van der Waals surface area contributed by atoms with Gasteiger partial charge in [-0.1, -0.05) is 12.1 Å². The summed E-state index contributed by atoms with van der Waals surface area (Å²) in [6.45, 7) is 4.50. The lowest BCUT2D eigenvalue weighted by Crippen LogP contribution is -2.34. The molecule has 0 fully saturated rings. The maximum absolute atomic E-state index is 11.9. The second-order valence-electron chi connectivity index (χ2n) is 5.26. The second-order valence-corrected chi connectivity index (χ2v) is 5.26. The molecule has 1 aromatic carbocycles. The molecule has 0 aliphatic heterocycles. The highest BCUT2D eigenvalue weighted by atomic mass is 16.2. The van der Waals surface area contributed by atoms with E-state index in [1.54, 1.807) is 12.4 Å². The minimum atomic E-state index is -0.0120. The molecule has 110 valence electrons. The fourth-order valence-corrected chi connectivity index (χ4v) is 1.80. The summed E-state index contributed by atoms with van der Waals surface area (Å²) in [5.74, 6) is -0.0120. The van der Waals surface area contributed by atoms with E-state index in [1.165, 1.54) is 6.33 Å². The number of anilines is 1. The number of rotatable bonds is 5. The van der Waals surface area contributed by atoms with Crippen molar-refractivity contribution >= 4 is 11.6 Å². The largest absolute Gasteiger partial charge is 0.325 e. The summed E-state index contributed by atoms with van der Waals surface area (Å²) in [6, 6.07) is 8.00. The third kappa shape index (κ3) is 4.36. The van der Waals surface area contributed by atoms with E-state index in [4.69, 9.17) is 0 Å². The molecular weight excluding hydrogens is 264 g/mol. The van der Waals surface area contributed by atoms with Crippen LogP contribution < -0.4 is 5.32 Å². The third-order valence-corrected chi connectivity index (χ3v) is 3.34. The lowest BCUT2D eigenvalue weighted by Gasteiger charge is -2.20. The van der Waals surface area contributed by atoms with Crippen LogP contribution in [0.25, 0.3) is 11.1 Å². The Morgan fingerprint density at radius 1 is 1.14 bits per heavy atom. The van der Waals surface area contributed by atoms with Crippen LogP contribution in [0.4, 0.5) is 5.69 Å². The Bertz CT molecular complexity index is 581. The molecule has 0 unspecified atom stereocenters. The van der Waals surface area contributed by atoms with E-state index in [9.17, 15) is 4.79 Å². The van der Waals surface area contributed by atoms with E-state index in [-0.39, 0.29) is 5.91 Å². The first kappa shape index (κ1) is 15.1. The highest BCUT2D eigenvalue weighted by Crippen LogP contribution is 2.19. The smallest absolute Gasteiger partial charge is 0.238 e. The lowest BCUT2D eigenvalue weighted by molar-refractivity contribution is -0.117. The zero-order chi connectivity index (χ0) is 15.2. The van der Waals surface area contributed by atoms with Crippen molar-refractivity contribution in [1.29, 1.82) is 0 Å². The van der Waals surface area contributed by atoms with Crippen molar-refractivity contribution in [3.05, 3.63) is 43.0 Å². The second kappa shape index (κ2) is 6.95. The quantitative estimate of drug-likeness (QED) is 0.916. The first-order valence-electron chi connectivity index (χ1n) is 6.92. The van der Waals surface area contributed by atoms with Gasteiger partial charge in [0.25, 0.3) is 0 Å². The average molecular weight is 284 g/mol. The number of benzene rings is 1. The third-order valence-electron chi connectivity index (χ3n) is 3.34. The van der Waals surface area contributed by atoms with Crippen LogP contribution in [0, 0.1) is 0 Å². The van der Waals surface area contributed by atoms with Crippen LogP contribution >= 0.6 is 0 Å². The summed E-state index contributed by atoms with van der Waals surface area (Å²) < 4.78 is 0. The van der Waals surface area contributed by atoms with Crippen LogP contribution in [0.1, 0.15) is 13.8 Å². The SMILES string of the molecule is CC(C)N(C)CC(=O)Nc1ccc(-c2cncnc2)cc1. The first-order chi connectivity index (χ1) is 10.1. The molecule has 0 bridgehead atoms. The fraction of sp³-hybridized carbons (Fsp3) is 0.312. The highest BCUT2D eigenvalue weighted by Gasteiger charge is 2.09. The number of carbonyl (C=O) groups excluding carboxylic acids is 1. The van der Waals surface area contributed by atoms with Gasteiger partial charge in [0.2, 0.25) is 5.91 Å². The van der Waals surface area contributed by atoms with E-state index in [0.29, 0.717) is 12.6 Å². The van der Waals surface area contributed by atoms with Gasteiger partial charge in [0.15, 0.2) is 0 Å². The van der Waals surface area contributed by atoms with E-state index in [1.807, 2.05) is 36.2 Å². The molecule has 0 saturated carbocycles. The Morgan fingerprint density at radius 2 is 1.76 bits per heavy atom. The maximum atomic E-state index is 11.9. The minimum absolute atomic E-state index is 0.0120. The predicted octanol–water partition coefficient (Wildman–Crippen LogP) is 2.42. The highest BCUT2D eigenvalue weighted by molar-refractivity contribution is 5.92. The number of carbonyl (C=O) groups is 1. The minimum Gasteiger partial charge on any atom is -0.325 e. The van der Waals surface area contributed by atoms with Crippen molar-refractivity contribution in [2.45, 2.75) is 19.9 Å². The molecule has 1 amide bonds. The van der Waals surface area contributed by atoms with E-state index >= 15 is 0 Å². The molecule has 0 atom stereocenters. The molecule has 0 aliphatic rings. The molecule has 5 nitrogen and oxygen atoms in total. The van der Waals surface area contributed by atoms with Crippen molar-refractivity contribution in [2.75, 3.05) is 18.9 Å². The molecule has 2 aromatic rings.